The van der Waals surface area contributed by atoms with Gasteiger partial charge in [-0.3, -0.25) is 0 Å². The maximum absolute atomic E-state index is 9.76. The van der Waals surface area contributed by atoms with Crippen molar-refractivity contribution in [2.45, 2.75) is 11.0 Å². The molecular formula is C10H9ClN2O. The Morgan fingerprint density at radius 3 is 2.64 bits per heavy atom. The van der Waals surface area contributed by atoms with Crippen LogP contribution < -0.4 is 0 Å². The van der Waals surface area contributed by atoms with Crippen molar-refractivity contribution in [3.05, 3.63) is 48.6 Å². The molecule has 0 fully saturated rings. The van der Waals surface area contributed by atoms with Gasteiger partial charge in [0, 0.05) is 18.0 Å². The summed E-state index contributed by atoms with van der Waals surface area (Å²) in [5.74, 6) is 0. The molecule has 1 N–H and O–H groups in total. The Balaban J connectivity index is 2.42. The van der Waals surface area contributed by atoms with E-state index in [4.69, 9.17) is 11.6 Å². The van der Waals surface area contributed by atoms with Crippen LogP contribution in [0.25, 0.3) is 0 Å². The molecular weight excluding hydrogens is 200 g/mol. The van der Waals surface area contributed by atoms with Crippen LogP contribution in [-0.4, -0.2) is 21.2 Å². The van der Waals surface area contributed by atoms with Gasteiger partial charge >= 0.3 is 0 Å². The highest BCUT2D eigenvalue weighted by Crippen LogP contribution is 2.36. The van der Waals surface area contributed by atoms with E-state index in [1.54, 1.807) is 36.7 Å². The van der Waals surface area contributed by atoms with E-state index in [1.807, 2.05) is 0 Å². The Morgan fingerprint density at radius 1 is 1.29 bits per heavy atom. The molecule has 2 unspecified atom stereocenters. The topological polar surface area (TPSA) is 46.0 Å². The molecule has 0 saturated carbocycles. The Morgan fingerprint density at radius 2 is 2.00 bits per heavy atom. The number of hydrogen-bond donors (Lipinski definition) is 1. The predicted molar refractivity (Wildman–Crippen MR) is 53.8 cm³/mol. The fourth-order valence-electron chi connectivity index (χ4n) is 1.37. The van der Waals surface area contributed by atoms with E-state index in [0.717, 1.165) is 0 Å². The standard InChI is InChI=1S/C10H9ClN2O/c11-10(4-2-1-3-9(10)14)8-5-12-7-13-6-8/h1-7,9,14H. The van der Waals surface area contributed by atoms with Gasteiger partial charge in [-0.05, 0) is 0 Å². The van der Waals surface area contributed by atoms with Gasteiger partial charge in [0.05, 0.1) is 6.10 Å². The molecule has 72 valence electrons. The minimum absolute atomic E-state index is 0.690. The third-order valence-electron chi connectivity index (χ3n) is 2.18. The van der Waals surface area contributed by atoms with Gasteiger partial charge in [0.15, 0.2) is 0 Å². The highest BCUT2D eigenvalue weighted by Gasteiger charge is 2.35. The van der Waals surface area contributed by atoms with E-state index >= 15 is 0 Å². The van der Waals surface area contributed by atoms with Crippen LogP contribution in [0, 0.1) is 0 Å². The summed E-state index contributed by atoms with van der Waals surface area (Å²) >= 11 is 6.28. The first-order valence-corrected chi connectivity index (χ1v) is 4.60. The molecule has 4 heteroatoms. The van der Waals surface area contributed by atoms with E-state index in [2.05, 4.69) is 9.97 Å². The van der Waals surface area contributed by atoms with Crippen LogP contribution in [0.15, 0.2) is 43.0 Å². The van der Waals surface area contributed by atoms with Crippen molar-refractivity contribution in [1.82, 2.24) is 9.97 Å². The summed E-state index contributed by atoms with van der Waals surface area (Å²) in [6, 6.07) is 0. The van der Waals surface area contributed by atoms with Gasteiger partial charge in [0.2, 0.25) is 0 Å². The molecule has 2 rings (SSSR count). The van der Waals surface area contributed by atoms with Crippen LogP contribution in [0.2, 0.25) is 0 Å². The lowest BCUT2D eigenvalue weighted by Crippen LogP contribution is -2.32. The van der Waals surface area contributed by atoms with Crippen molar-refractivity contribution >= 4 is 11.6 Å². The van der Waals surface area contributed by atoms with Crippen LogP contribution >= 0.6 is 11.6 Å². The summed E-state index contributed by atoms with van der Waals surface area (Å²) in [4.78, 5) is 6.82. The lowest BCUT2D eigenvalue weighted by Gasteiger charge is -2.28. The molecule has 1 aromatic rings. The maximum atomic E-state index is 9.76. The molecule has 14 heavy (non-hydrogen) atoms. The maximum Gasteiger partial charge on any atom is 0.120 e. The van der Waals surface area contributed by atoms with Crippen molar-refractivity contribution in [2.75, 3.05) is 0 Å². The Hall–Kier alpha value is -1.19. The third kappa shape index (κ3) is 1.45. The van der Waals surface area contributed by atoms with Crippen LogP contribution in [0.3, 0.4) is 0 Å². The summed E-state index contributed by atoms with van der Waals surface area (Å²) in [7, 11) is 0. The van der Waals surface area contributed by atoms with Crippen LogP contribution in [0.1, 0.15) is 5.56 Å². The van der Waals surface area contributed by atoms with E-state index in [9.17, 15) is 5.11 Å². The highest BCUT2D eigenvalue weighted by molar-refractivity contribution is 6.26. The van der Waals surface area contributed by atoms with Gasteiger partial charge in [0.1, 0.15) is 11.2 Å². The molecule has 0 amide bonds. The third-order valence-corrected chi connectivity index (χ3v) is 2.74. The Bertz CT molecular complexity index is 377. The van der Waals surface area contributed by atoms with Crippen LogP contribution in [0.5, 0.6) is 0 Å². The van der Waals surface area contributed by atoms with Crippen molar-refractivity contribution in [3.63, 3.8) is 0 Å². The first kappa shape index (κ1) is 9.37. The van der Waals surface area contributed by atoms with Gasteiger partial charge < -0.3 is 5.11 Å². The number of aliphatic hydroxyl groups excluding tert-OH is 1. The lowest BCUT2D eigenvalue weighted by atomic mass is 9.91. The zero-order valence-electron chi connectivity index (χ0n) is 7.34. The van der Waals surface area contributed by atoms with Gasteiger partial charge in [-0.1, -0.05) is 24.3 Å². The van der Waals surface area contributed by atoms with Crippen molar-refractivity contribution < 1.29 is 5.11 Å². The molecule has 1 heterocycles. The highest BCUT2D eigenvalue weighted by atomic mass is 35.5. The lowest BCUT2D eigenvalue weighted by molar-refractivity contribution is 0.188. The molecule has 1 aromatic heterocycles. The molecule has 1 aliphatic rings. The average molecular weight is 209 g/mol. The normalized spacial score (nSPS) is 30.6. The first-order chi connectivity index (χ1) is 6.73. The van der Waals surface area contributed by atoms with E-state index in [1.165, 1.54) is 6.33 Å². The average Bonchev–Trinajstić information content (AvgIpc) is 2.24. The number of aliphatic hydroxyl groups is 1. The zero-order valence-corrected chi connectivity index (χ0v) is 8.09. The van der Waals surface area contributed by atoms with E-state index in [0.29, 0.717) is 5.56 Å². The molecule has 0 spiro atoms. The minimum atomic E-state index is -0.935. The SMILES string of the molecule is OC1C=CC=CC1(Cl)c1cncnc1. The van der Waals surface area contributed by atoms with Gasteiger partial charge in [-0.25, -0.2) is 9.97 Å². The van der Waals surface area contributed by atoms with E-state index in [-0.39, 0.29) is 0 Å². The summed E-state index contributed by atoms with van der Waals surface area (Å²) < 4.78 is 0. The quantitative estimate of drug-likeness (QED) is 0.710. The predicted octanol–water partition coefficient (Wildman–Crippen LogP) is 1.40. The smallest absolute Gasteiger partial charge is 0.120 e. The molecule has 0 aromatic carbocycles. The minimum Gasteiger partial charge on any atom is -0.386 e. The fraction of sp³-hybridized carbons (Fsp3) is 0.200. The molecule has 0 saturated heterocycles. The van der Waals surface area contributed by atoms with E-state index < -0.39 is 11.0 Å². The number of allylic oxidation sites excluding steroid dienone is 2. The molecule has 0 bridgehead atoms. The summed E-state index contributed by atoms with van der Waals surface area (Å²) in [5, 5.41) is 9.76. The second-order valence-electron chi connectivity index (χ2n) is 3.08. The molecule has 2 atom stereocenters. The second kappa shape index (κ2) is 3.52. The van der Waals surface area contributed by atoms with Crippen LogP contribution in [-0.2, 0) is 4.87 Å². The zero-order chi connectivity index (χ0) is 10.0. The fourth-order valence-corrected chi connectivity index (χ4v) is 1.61. The van der Waals surface area contributed by atoms with Crippen molar-refractivity contribution in [3.8, 4) is 0 Å². The van der Waals surface area contributed by atoms with Crippen molar-refractivity contribution in [1.29, 1.82) is 0 Å². The number of nitrogens with zero attached hydrogens (tertiary/aromatic N) is 2. The summed E-state index contributed by atoms with van der Waals surface area (Å²) in [5.41, 5.74) is 0.690. The largest absolute Gasteiger partial charge is 0.386 e. The number of hydrogen-bond acceptors (Lipinski definition) is 3. The second-order valence-corrected chi connectivity index (χ2v) is 3.71. The molecule has 3 nitrogen and oxygen atoms in total. The monoisotopic (exact) mass is 208 g/mol. The molecule has 0 aliphatic heterocycles. The summed E-state index contributed by atoms with van der Waals surface area (Å²) in [6.07, 6.45) is 10.8. The number of aromatic nitrogens is 2. The molecule has 0 radical (unpaired) electrons. The van der Waals surface area contributed by atoms with Crippen molar-refractivity contribution in [2.24, 2.45) is 0 Å². The first-order valence-electron chi connectivity index (χ1n) is 4.22. The van der Waals surface area contributed by atoms with Crippen LogP contribution in [0.4, 0.5) is 0 Å². The summed E-state index contributed by atoms with van der Waals surface area (Å²) in [6.45, 7) is 0. The van der Waals surface area contributed by atoms with Gasteiger partial charge in [0.25, 0.3) is 0 Å². The number of rotatable bonds is 1. The Labute approximate surface area is 86.8 Å². The van der Waals surface area contributed by atoms with Gasteiger partial charge in [-0.15, -0.1) is 11.6 Å². The Kier molecular flexibility index (Phi) is 2.35. The number of halogens is 1. The number of alkyl halides is 1. The van der Waals surface area contributed by atoms with Gasteiger partial charge in [-0.2, -0.15) is 0 Å². The molecule has 1 aliphatic carbocycles.